The van der Waals surface area contributed by atoms with Gasteiger partial charge in [-0.15, -0.1) is 0 Å². The van der Waals surface area contributed by atoms with E-state index in [4.69, 9.17) is 4.42 Å². The number of benzene rings is 1. The molecule has 2 rings (SSSR count). The van der Waals surface area contributed by atoms with Gasteiger partial charge in [0.15, 0.2) is 0 Å². The van der Waals surface area contributed by atoms with Crippen LogP contribution >= 0.6 is 0 Å². The lowest BCUT2D eigenvalue weighted by atomic mass is 9.93. The minimum Gasteiger partial charge on any atom is -0.456 e. The summed E-state index contributed by atoms with van der Waals surface area (Å²) < 4.78 is 5.83. The Morgan fingerprint density at radius 1 is 1.29 bits per heavy atom. The fraction of sp³-hybridized carbons (Fsp3) is 0.211. The highest BCUT2D eigenvalue weighted by Gasteiger charge is 2.16. The summed E-state index contributed by atoms with van der Waals surface area (Å²) in [5.41, 5.74) is 4.21. The first-order valence-electron chi connectivity index (χ1n) is 7.09. The fourth-order valence-corrected chi connectivity index (χ4v) is 2.70. The van der Waals surface area contributed by atoms with Gasteiger partial charge in [0.25, 0.3) is 0 Å². The molecule has 1 heterocycles. The monoisotopic (exact) mass is 280 g/mol. The van der Waals surface area contributed by atoms with Crippen molar-refractivity contribution in [1.29, 1.82) is 0 Å². The zero-order valence-electron chi connectivity index (χ0n) is 12.8. The van der Waals surface area contributed by atoms with Crippen LogP contribution in [0.4, 0.5) is 0 Å². The van der Waals surface area contributed by atoms with E-state index in [0.717, 1.165) is 23.1 Å². The predicted octanol–water partition coefficient (Wildman–Crippen LogP) is 5.20. The van der Waals surface area contributed by atoms with Gasteiger partial charge in [-0.05, 0) is 49.1 Å². The third kappa shape index (κ3) is 2.38. The minimum absolute atomic E-state index is 0.0485. The Morgan fingerprint density at radius 3 is 2.52 bits per heavy atom. The van der Waals surface area contributed by atoms with Gasteiger partial charge in [-0.1, -0.05) is 38.3 Å². The maximum absolute atomic E-state index is 12.8. The summed E-state index contributed by atoms with van der Waals surface area (Å²) >= 11 is 0. The van der Waals surface area contributed by atoms with Gasteiger partial charge in [-0.2, -0.15) is 0 Å². The van der Waals surface area contributed by atoms with Crippen molar-refractivity contribution in [3.8, 4) is 0 Å². The van der Waals surface area contributed by atoms with Crippen LogP contribution in [-0.4, -0.2) is 0 Å². The third-order valence-electron chi connectivity index (χ3n) is 3.77. The Hall–Kier alpha value is -2.35. The van der Waals surface area contributed by atoms with Crippen molar-refractivity contribution < 1.29 is 4.42 Å². The Labute approximate surface area is 125 Å². The zero-order chi connectivity index (χ0) is 15.6. The van der Waals surface area contributed by atoms with E-state index in [0.29, 0.717) is 22.3 Å². The molecule has 0 unspecified atom stereocenters. The Bertz CT molecular complexity index is 804. The second-order valence-electron chi connectivity index (χ2n) is 4.92. The highest BCUT2D eigenvalue weighted by molar-refractivity contribution is 5.93. The van der Waals surface area contributed by atoms with Gasteiger partial charge in [-0.3, -0.25) is 4.79 Å². The van der Waals surface area contributed by atoms with E-state index in [9.17, 15) is 4.79 Å². The number of hydrogen-bond donors (Lipinski definition) is 0. The Kier molecular flexibility index (Phi) is 4.27. The van der Waals surface area contributed by atoms with Crippen LogP contribution in [0.1, 0.15) is 42.7 Å². The van der Waals surface area contributed by atoms with Crippen LogP contribution in [0.3, 0.4) is 0 Å². The average Bonchev–Trinajstić information content (AvgIpc) is 2.50. The molecule has 21 heavy (non-hydrogen) atoms. The number of allylic oxidation sites excluding steroid dienone is 2. The van der Waals surface area contributed by atoms with Gasteiger partial charge in [-0.25, -0.2) is 0 Å². The predicted molar refractivity (Wildman–Crippen MR) is 91.3 cm³/mol. The van der Waals surface area contributed by atoms with Crippen LogP contribution in [-0.2, 0) is 0 Å². The summed E-state index contributed by atoms with van der Waals surface area (Å²) in [5.74, 6) is 0.468. The Morgan fingerprint density at radius 2 is 2.00 bits per heavy atom. The van der Waals surface area contributed by atoms with Crippen LogP contribution in [0, 0.1) is 6.92 Å². The smallest absolute Gasteiger partial charge is 0.201 e. The fourth-order valence-electron chi connectivity index (χ4n) is 2.70. The Balaban J connectivity index is 3.06. The molecule has 2 aromatic rings. The number of rotatable bonds is 4. The molecule has 0 N–H and O–H groups in total. The van der Waals surface area contributed by atoms with E-state index in [1.54, 1.807) is 6.08 Å². The number of aryl methyl sites for hydroxylation is 1. The van der Waals surface area contributed by atoms with Gasteiger partial charge >= 0.3 is 0 Å². The molecule has 0 saturated carbocycles. The normalized spacial score (nSPS) is 11.7. The molecule has 0 atom stereocenters. The molecule has 1 aromatic heterocycles. The molecule has 0 aliphatic rings. The molecular formula is C19H20O2. The van der Waals surface area contributed by atoms with Crippen molar-refractivity contribution >= 4 is 28.7 Å². The van der Waals surface area contributed by atoms with Crippen LogP contribution < -0.4 is 5.43 Å². The van der Waals surface area contributed by atoms with Crippen LogP contribution in [0.2, 0.25) is 0 Å². The van der Waals surface area contributed by atoms with E-state index in [1.165, 1.54) is 6.08 Å². The van der Waals surface area contributed by atoms with Gasteiger partial charge in [0, 0.05) is 0 Å². The van der Waals surface area contributed by atoms with Crippen LogP contribution in [0.15, 0.2) is 40.6 Å². The highest BCUT2D eigenvalue weighted by atomic mass is 16.3. The summed E-state index contributed by atoms with van der Waals surface area (Å²) in [6.45, 7) is 13.5. The van der Waals surface area contributed by atoms with Crippen molar-refractivity contribution in [3.05, 3.63) is 64.0 Å². The lowest BCUT2D eigenvalue weighted by Crippen LogP contribution is -2.10. The van der Waals surface area contributed by atoms with Crippen LogP contribution in [0.5, 0.6) is 0 Å². The molecule has 0 aliphatic carbocycles. The summed E-state index contributed by atoms with van der Waals surface area (Å²) in [6, 6.07) is 3.83. The maximum atomic E-state index is 12.8. The molecule has 2 heteroatoms. The first-order valence-corrected chi connectivity index (χ1v) is 7.09. The summed E-state index contributed by atoms with van der Waals surface area (Å²) in [7, 11) is 0. The molecule has 0 spiro atoms. The second kappa shape index (κ2) is 5.96. The molecule has 2 nitrogen and oxygen atoms in total. The summed E-state index contributed by atoms with van der Waals surface area (Å²) in [5, 5.41) is 0.630. The van der Waals surface area contributed by atoms with E-state index >= 15 is 0 Å². The molecule has 0 saturated heterocycles. The molecular weight excluding hydrogens is 260 g/mol. The van der Waals surface area contributed by atoms with Crippen molar-refractivity contribution in [3.63, 3.8) is 0 Å². The lowest BCUT2D eigenvalue weighted by Gasteiger charge is -2.13. The van der Waals surface area contributed by atoms with E-state index < -0.39 is 0 Å². The molecule has 1 aromatic carbocycles. The molecule has 108 valence electrons. The molecule has 0 bridgehead atoms. The van der Waals surface area contributed by atoms with Gasteiger partial charge in [0.05, 0.1) is 10.9 Å². The third-order valence-corrected chi connectivity index (χ3v) is 3.77. The van der Waals surface area contributed by atoms with Gasteiger partial charge in [0.2, 0.25) is 5.43 Å². The first kappa shape index (κ1) is 15.0. The standard InChI is InChI=1S/C19H20O2/c1-6-13(7-2)17-12(5)10-11-16-18(17)19(20)14(8-3)15(9-4)21-16/h6,8-11H,3-4,7H2,1-2,5H3/b13-6-. The first-order chi connectivity index (χ1) is 10.1. The van der Waals surface area contributed by atoms with E-state index in [2.05, 4.69) is 26.2 Å². The van der Waals surface area contributed by atoms with Crippen molar-refractivity contribution in [2.45, 2.75) is 27.2 Å². The maximum Gasteiger partial charge on any atom is 0.201 e. The van der Waals surface area contributed by atoms with E-state index in [-0.39, 0.29) is 5.43 Å². The van der Waals surface area contributed by atoms with Crippen molar-refractivity contribution in [2.75, 3.05) is 0 Å². The number of hydrogen-bond acceptors (Lipinski definition) is 2. The number of fused-ring (bicyclic) bond motifs is 1. The lowest BCUT2D eigenvalue weighted by molar-refractivity contribution is 0.589. The second-order valence-corrected chi connectivity index (χ2v) is 4.92. The van der Waals surface area contributed by atoms with Crippen molar-refractivity contribution in [1.82, 2.24) is 0 Å². The van der Waals surface area contributed by atoms with E-state index in [1.807, 2.05) is 26.0 Å². The largest absolute Gasteiger partial charge is 0.456 e. The average molecular weight is 280 g/mol. The summed E-state index contributed by atoms with van der Waals surface area (Å²) in [6.07, 6.45) is 6.00. The van der Waals surface area contributed by atoms with Crippen LogP contribution in [0.25, 0.3) is 28.7 Å². The molecule has 0 radical (unpaired) electrons. The van der Waals surface area contributed by atoms with Gasteiger partial charge in [0.1, 0.15) is 11.3 Å². The van der Waals surface area contributed by atoms with Gasteiger partial charge < -0.3 is 4.42 Å². The topological polar surface area (TPSA) is 30.2 Å². The SMILES string of the molecule is C=Cc1oc2ccc(C)c(/C(=C\C)CC)c2c(=O)c1C=C. The van der Waals surface area contributed by atoms with Crippen molar-refractivity contribution in [2.24, 2.45) is 0 Å². The molecule has 0 fully saturated rings. The molecule has 0 amide bonds. The zero-order valence-corrected chi connectivity index (χ0v) is 12.8. The minimum atomic E-state index is -0.0485. The highest BCUT2D eigenvalue weighted by Crippen LogP contribution is 2.30. The summed E-state index contributed by atoms with van der Waals surface area (Å²) in [4.78, 5) is 12.8. The quantitative estimate of drug-likeness (QED) is 0.770. The molecule has 0 aliphatic heterocycles.